The van der Waals surface area contributed by atoms with Gasteiger partial charge in [0.2, 0.25) is 0 Å². The summed E-state index contributed by atoms with van der Waals surface area (Å²) in [6, 6.07) is 0. The van der Waals surface area contributed by atoms with Gasteiger partial charge in [-0.1, -0.05) is 23.8 Å². The molecule has 1 aliphatic carbocycles. The topological polar surface area (TPSA) is 12.0 Å². The smallest absolute Gasteiger partial charge is 0.0164 e. The Labute approximate surface area is 56.5 Å². The molecule has 0 amide bonds. The predicted molar refractivity (Wildman–Crippen MR) is 40.4 cm³/mol. The summed E-state index contributed by atoms with van der Waals surface area (Å²) >= 11 is 0. The van der Waals surface area contributed by atoms with E-state index in [-0.39, 0.29) is 0 Å². The van der Waals surface area contributed by atoms with Gasteiger partial charge in [-0.3, -0.25) is 0 Å². The van der Waals surface area contributed by atoms with Gasteiger partial charge in [-0.05, 0) is 19.9 Å². The van der Waals surface area contributed by atoms with E-state index < -0.39 is 0 Å². The Morgan fingerprint density at radius 1 is 1.67 bits per heavy atom. The number of hydrogen-bond acceptors (Lipinski definition) is 1. The van der Waals surface area contributed by atoms with Crippen molar-refractivity contribution < 1.29 is 0 Å². The van der Waals surface area contributed by atoms with Gasteiger partial charge < -0.3 is 5.32 Å². The summed E-state index contributed by atoms with van der Waals surface area (Å²) < 4.78 is 0. The standard InChI is InChI=1S/C8H13N/c1-9-7-8-5-3-2-4-6-8/h2-3,5,9H,4,6-7H2,1H3. The first-order valence-electron chi connectivity index (χ1n) is 3.42. The molecule has 0 spiro atoms. The Morgan fingerprint density at radius 3 is 3.11 bits per heavy atom. The molecule has 0 aromatic carbocycles. The molecule has 0 aromatic heterocycles. The molecule has 0 aliphatic heterocycles. The highest BCUT2D eigenvalue weighted by Crippen LogP contribution is 2.09. The average Bonchev–Trinajstić information content (AvgIpc) is 1.91. The molecular formula is C8H13N. The fraction of sp³-hybridized carbons (Fsp3) is 0.500. The Morgan fingerprint density at radius 2 is 2.56 bits per heavy atom. The van der Waals surface area contributed by atoms with Crippen molar-refractivity contribution in [1.82, 2.24) is 5.32 Å². The molecule has 0 bridgehead atoms. The van der Waals surface area contributed by atoms with Crippen LogP contribution >= 0.6 is 0 Å². The highest BCUT2D eigenvalue weighted by atomic mass is 14.8. The molecule has 0 saturated carbocycles. The molecule has 0 radical (unpaired) electrons. The lowest BCUT2D eigenvalue weighted by Gasteiger charge is -2.06. The zero-order valence-corrected chi connectivity index (χ0v) is 5.85. The lowest BCUT2D eigenvalue weighted by atomic mass is 10.1. The van der Waals surface area contributed by atoms with E-state index in [0.29, 0.717) is 0 Å². The van der Waals surface area contributed by atoms with Crippen LogP contribution in [0.1, 0.15) is 12.8 Å². The zero-order valence-electron chi connectivity index (χ0n) is 5.85. The van der Waals surface area contributed by atoms with E-state index in [2.05, 4.69) is 23.5 Å². The molecule has 1 nitrogen and oxygen atoms in total. The van der Waals surface area contributed by atoms with E-state index in [4.69, 9.17) is 0 Å². The van der Waals surface area contributed by atoms with Crippen molar-refractivity contribution in [2.45, 2.75) is 12.8 Å². The lowest BCUT2D eigenvalue weighted by Crippen LogP contribution is -2.10. The van der Waals surface area contributed by atoms with Crippen LogP contribution in [0.5, 0.6) is 0 Å². The van der Waals surface area contributed by atoms with Crippen molar-refractivity contribution in [2.75, 3.05) is 13.6 Å². The molecule has 0 aromatic rings. The van der Waals surface area contributed by atoms with Crippen molar-refractivity contribution in [1.29, 1.82) is 0 Å². The van der Waals surface area contributed by atoms with Gasteiger partial charge in [0.25, 0.3) is 0 Å². The molecule has 1 aliphatic rings. The molecule has 1 rings (SSSR count). The second kappa shape index (κ2) is 3.46. The van der Waals surface area contributed by atoms with Crippen LogP contribution in [0, 0.1) is 0 Å². The van der Waals surface area contributed by atoms with Gasteiger partial charge in [0.05, 0.1) is 0 Å². The van der Waals surface area contributed by atoms with Crippen molar-refractivity contribution >= 4 is 0 Å². The first-order valence-corrected chi connectivity index (χ1v) is 3.42. The van der Waals surface area contributed by atoms with Gasteiger partial charge in [-0.2, -0.15) is 0 Å². The predicted octanol–water partition coefficient (Wildman–Crippen LogP) is 1.48. The minimum atomic E-state index is 1.05. The van der Waals surface area contributed by atoms with Crippen LogP contribution in [0.25, 0.3) is 0 Å². The highest BCUT2D eigenvalue weighted by Gasteiger charge is 1.95. The van der Waals surface area contributed by atoms with Crippen LogP contribution in [0.3, 0.4) is 0 Å². The third-order valence-corrected chi connectivity index (χ3v) is 1.50. The minimum Gasteiger partial charge on any atom is -0.316 e. The van der Waals surface area contributed by atoms with Gasteiger partial charge in [-0.15, -0.1) is 0 Å². The van der Waals surface area contributed by atoms with E-state index in [0.717, 1.165) is 6.54 Å². The third-order valence-electron chi connectivity index (χ3n) is 1.50. The van der Waals surface area contributed by atoms with Crippen LogP contribution < -0.4 is 5.32 Å². The number of nitrogens with one attached hydrogen (secondary N) is 1. The Hall–Kier alpha value is -0.560. The maximum atomic E-state index is 3.14. The molecule has 0 heterocycles. The summed E-state index contributed by atoms with van der Waals surface area (Å²) in [4.78, 5) is 0. The SMILES string of the molecule is CNCC1=CC=CCC1. The molecule has 50 valence electrons. The minimum absolute atomic E-state index is 1.05. The van der Waals surface area contributed by atoms with Crippen molar-refractivity contribution in [3.05, 3.63) is 23.8 Å². The highest BCUT2D eigenvalue weighted by molar-refractivity contribution is 5.18. The first-order chi connectivity index (χ1) is 4.43. The second-order valence-corrected chi connectivity index (χ2v) is 2.32. The van der Waals surface area contributed by atoms with E-state index >= 15 is 0 Å². The van der Waals surface area contributed by atoms with Crippen molar-refractivity contribution in [2.24, 2.45) is 0 Å². The fourth-order valence-corrected chi connectivity index (χ4v) is 1.03. The molecule has 0 fully saturated rings. The van der Waals surface area contributed by atoms with E-state index in [1.807, 2.05) is 7.05 Å². The summed E-state index contributed by atoms with van der Waals surface area (Å²) in [6.07, 6.45) is 8.99. The van der Waals surface area contributed by atoms with Gasteiger partial charge in [0.1, 0.15) is 0 Å². The number of allylic oxidation sites excluding steroid dienone is 3. The van der Waals surface area contributed by atoms with Crippen LogP contribution in [-0.4, -0.2) is 13.6 Å². The van der Waals surface area contributed by atoms with Crippen LogP contribution in [0.2, 0.25) is 0 Å². The largest absolute Gasteiger partial charge is 0.316 e. The van der Waals surface area contributed by atoms with E-state index in [1.165, 1.54) is 18.4 Å². The van der Waals surface area contributed by atoms with Crippen LogP contribution in [0.4, 0.5) is 0 Å². The zero-order chi connectivity index (χ0) is 6.53. The summed E-state index contributed by atoms with van der Waals surface area (Å²) in [6.45, 7) is 1.05. The van der Waals surface area contributed by atoms with Crippen molar-refractivity contribution in [3.8, 4) is 0 Å². The van der Waals surface area contributed by atoms with E-state index in [1.54, 1.807) is 0 Å². The van der Waals surface area contributed by atoms with Gasteiger partial charge >= 0.3 is 0 Å². The van der Waals surface area contributed by atoms with Gasteiger partial charge in [-0.25, -0.2) is 0 Å². The third kappa shape index (κ3) is 2.02. The summed E-state index contributed by atoms with van der Waals surface area (Å²) in [5.41, 5.74) is 1.51. The quantitative estimate of drug-likeness (QED) is 0.586. The van der Waals surface area contributed by atoms with Crippen molar-refractivity contribution in [3.63, 3.8) is 0 Å². The van der Waals surface area contributed by atoms with E-state index in [9.17, 15) is 0 Å². The van der Waals surface area contributed by atoms with Gasteiger partial charge in [0.15, 0.2) is 0 Å². The summed E-state index contributed by atoms with van der Waals surface area (Å²) in [5.74, 6) is 0. The average molecular weight is 123 g/mol. The molecular weight excluding hydrogens is 110 g/mol. The number of likely N-dealkylation sites (N-methyl/N-ethyl adjacent to an activating group) is 1. The second-order valence-electron chi connectivity index (χ2n) is 2.32. The molecule has 0 atom stereocenters. The summed E-state index contributed by atoms with van der Waals surface area (Å²) in [7, 11) is 1.99. The van der Waals surface area contributed by atoms with Crippen LogP contribution in [-0.2, 0) is 0 Å². The fourth-order valence-electron chi connectivity index (χ4n) is 1.03. The molecule has 9 heavy (non-hydrogen) atoms. The maximum Gasteiger partial charge on any atom is 0.0164 e. The summed E-state index contributed by atoms with van der Waals surface area (Å²) in [5, 5.41) is 3.14. The Balaban J connectivity index is 2.38. The Bertz CT molecular complexity index is 134. The normalized spacial score (nSPS) is 17.7. The van der Waals surface area contributed by atoms with Gasteiger partial charge in [0, 0.05) is 6.54 Å². The molecule has 0 saturated heterocycles. The lowest BCUT2D eigenvalue weighted by molar-refractivity contribution is 0.815. The maximum absolute atomic E-state index is 3.14. The molecule has 1 N–H and O–H groups in total. The first kappa shape index (κ1) is 6.56. The molecule has 1 heteroatoms. The van der Waals surface area contributed by atoms with Crippen LogP contribution in [0.15, 0.2) is 23.8 Å². The number of rotatable bonds is 2. The molecule has 0 unspecified atom stereocenters. The number of hydrogen-bond donors (Lipinski definition) is 1. The monoisotopic (exact) mass is 123 g/mol. The Kier molecular flexibility index (Phi) is 2.52.